The Morgan fingerprint density at radius 1 is 1.00 bits per heavy atom. The molecule has 0 amide bonds. The SMILES string of the molecule is Cc1c(C(F)(F)F)cccc1C(C)(C)N[S@@+]([O-])C(C)(C)C. The van der Waals surface area contributed by atoms with E-state index < -0.39 is 33.4 Å². The summed E-state index contributed by atoms with van der Waals surface area (Å²) in [7, 11) is 0. The van der Waals surface area contributed by atoms with Crippen LogP contribution in [-0.2, 0) is 23.1 Å². The van der Waals surface area contributed by atoms with Crippen molar-refractivity contribution < 1.29 is 17.7 Å². The molecule has 0 fully saturated rings. The first kappa shape index (κ1) is 18.3. The molecule has 2 nitrogen and oxygen atoms in total. The molecule has 1 N–H and O–H groups in total. The molecule has 0 aliphatic rings. The average molecular weight is 321 g/mol. The summed E-state index contributed by atoms with van der Waals surface area (Å²) in [6.07, 6.45) is -4.39. The normalized spacial score (nSPS) is 15.1. The van der Waals surface area contributed by atoms with Gasteiger partial charge >= 0.3 is 6.18 Å². The maximum atomic E-state index is 13.0. The van der Waals surface area contributed by atoms with Crippen molar-refractivity contribution in [1.82, 2.24) is 4.72 Å². The van der Waals surface area contributed by atoms with Crippen molar-refractivity contribution in [3.63, 3.8) is 0 Å². The Balaban J connectivity index is 3.21. The molecular formula is C15H22F3NOS. The third kappa shape index (κ3) is 4.37. The van der Waals surface area contributed by atoms with Gasteiger partial charge in [-0.2, -0.15) is 13.2 Å². The number of rotatable bonds is 3. The van der Waals surface area contributed by atoms with E-state index in [-0.39, 0.29) is 5.56 Å². The van der Waals surface area contributed by atoms with Gasteiger partial charge in [0.1, 0.15) is 4.75 Å². The maximum absolute atomic E-state index is 13.0. The van der Waals surface area contributed by atoms with Gasteiger partial charge in [-0.1, -0.05) is 12.1 Å². The monoisotopic (exact) mass is 321 g/mol. The molecule has 1 atom stereocenters. The largest absolute Gasteiger partial charge is 0.598 e. The topological polar surface area (TPSA) is 35.1 Å². The maximum Gasteiger partial charge on any atom is 0.416 e. The Morgan fingerprint density at radius 3 is 1.90 bits per heavy atom. The number of hydrogen-bond donors (Lipinski definition) is 1. The van der Waals surface area contributed by atoms with Gasteiger partial charge in [-0.05, 0) is 58.7 Å². The number of benzene rings is 1. The van der Waals surface area contributed by atoms with Crippen LogP contribution in [0.4, 0.5) is 13.2 Å². The Bertz CT molecular complexity index is 507. The fourth-order valence-electron chi connectivity index (χ4n) is 2.06. The van der Waals surface area contributed by atoms with Crippen LogP contribution in [0.2, 0.25) is 0 Å². The lowest BCUT2D eigenvalue weighted by Crippen LogP contribution is -2.48. The molecule has 1 rings (SSSR count). The van der Waals surface area contributed by atoms with Crippen molar-refractivity contribution in [3.8, 4) is 0 Å². The van der Waals surface area contributed by atoms with Gasteiger partial charge in [0.15, 0.2) is 0 Å². The third-order valence-electron chi connectivity index (χ3n) is 3.22. The van der Waals surface area contributed by atoms with Crippen molar-refractivity contribution in [2.45, 2.75) is 58.0 Å². The van der Waals surface area contributed by atoms with Gasteiger partial charge in [-0.3, -0.25) is 0 Å². The first-order chi connectivity index (χ1) is 9.27. The van der Waals surface area contributed by atoms with E-state index in [1.54, 1.807) is 19.9 Å². The molecular weight excluding hydrogens is 299 g/mol. The molecule has 1 aromatic rings. The fraction of sp³-hybridized carbons (Fsp3) is 0.600. The second kappa shape index (κ2) is 5.82. The van der Waals surface area contributed by atoms with E-state index in [1.807, 2.05) is 20.8 Å². The van der Waals surface area contributed by atoms with Crippen molar-refractivity contribution >= 4 is 11.4 Å². The van der Waals surface area contributed by atoms with Crippen molar-refractivity contribution in [2.75, 3.05) is 0 Å². The third-order valence-corrected chi connectivity index (χ3v) is 5.02. The minimum Gasteiger partial charge on any atom is -0.598 e. The van der Waals surface area contributed by atoms with Crippen molar-refractivity contribution in [1.29, 1.82) is 0 Å². The van der Waals surface area contributed by atoms with Gasteiger partial charge in [0.25, 0.3) is 0 Å². The quantitative estimate of drug-likeness (QED) is 0.842. The second-order valence-electron chi connectivity index (χ2n) is 6.58. The Kier molecular flexibility index (Phi) is 5.08. The van der Waals surface area contributed by atoms with Gasteiger partial charge in [0, 0.05) is 11.4 Å². The molecule has 0 aromatic heterocycles. The number of halogens is 3. The highest BCUT2D eigenvalue weighted by atomic mass is 32.2. The molecule has 0 unspecified atom stereocenters. The Labute approximate surface area is 127 Å². The highest BCUT2D eigenvalue weighted by Crippen LogP contribution is 2.36. The van der Waals surface area contributed by atoms with Crippen LogP contribution >= 0.6 is 0 Å². The molecule has 1 aromatic carbocycles. The predicted octanol–water partition coefficient (Wildman–Crippen LogP) is 4.30. The molecule has 21 heavy (non-hydrogen) atoms. The molecule has 0 saturated carbocycles. The van der Waals surface area contributed by atoms with Crippen molar-refractivity contribution in [3.05, 3.63) is 34.9 Å². The zero-order valence-electron chi connectivity index (χ0n) is 13.2. The molecule has 0 heterocycles. The summed E-state index contributed by atoms with van der Waals surface area (Å²) in [5.74, 6) is 0. The molecule has 0 saturated heterocycles. The summed E-state index contributed by atoms with van der Waals surface area (Å²) in [6, 6.07) is 4.08. The zero-order valence-corrected chi connectivity index (χ0v) is 14.0. The number of nitrogens with one attached hydrogen (secondary N) is 1. The highest BCUT2D eigenvalue weighted by molar-refractivity contribution is 7.90. The minimum atomic E-state index is -4.39. The molecule has 0 bridgehead atoms. The van der Waals surface area contributed by atoms with Crippen molar-refractivity contribution in [2.24, 2.45) is 0 Å². The first-order valence-electron chi connectivity index (χ1n) is 6.64. The summed E-state index contributed by atoms with van der Waals surface area (Å²) in [6.45, 7) is 10.3. The van der Waals surface area contributed by atoms with Gasteiger partial charge in [0.2, 0.25) is 0 Å². The van der Waals surface area contributed by atoms with Gasteiger partial charge in [-0.15, -0.1) is 4.72 Å². The smallest absolute Gasteiger partial charge is 0.416 e. The van der Waals surface area contributed by atoms with Crippen LogP contribution in [-0.4, -0.2) is 9.30 Å². The van der Waals surface area contributed by atoms with Crippen LogP contribution in [0.3, 0.4) is 0 Å². The molecule has 6 heteroatoms. The zero-order chi connectivity index (χ0) is 16.6. The number of hydrogen-bond acceptors (Lipinski definition) is 2. The second-order valence-corrected chi connectivity index (χ2v) is 8.55. The molecule has 120 valence electrons. The van der Waals surface area contributed by atoms with Crippen LogP contribution in [0.25, 0.3) is 0 Å². The van der Waals surface area contributed by atoms with Gasteiger partial charge in [0.05, 0.1) is 11.1 Å². The van der Waals surface area contributed by atoms with Crippen LogP contribution in [0, 0.1) is 6.92 Å². The Hall–Kier alpha value is -0.720. The highest BCUT2D eigenvalue weighted by Gasteiger charge is 2.38. The summed E-state index contributed by atoms with van der Waals surface area (Å²) in [5, 5.41) is 0. The summed E-state index contributed by atoms with van der Waals surface area (Å²) in [4.78, 5) is 0. The number of alkyl halides is 3. The van der Waals surface area contributed by atoms with E-state index in [0.29, 0.717) is 5.56 Å². The average Bonchev–Trinajstić information content (AvgIpc) is 2.25. The van der Waals surface area contributed by atoms with Crippen LogP contribution in [0.15, 0.2) is 18.2 Å². The van der Waals surface area contributed by atoms with E-state index >= 15 is 0 Å². The summed E-state index contributed by atoms with van der Waals surface area (Å²) < 4.78 is 53.6. The van der Waals surface area contributed by atoms with Crippen LogP contribution in [0.5, 0.6) is 0 Å². The summed E-state index contributed by atoms with van der Waals surface area (Å²) in [5.41, 5.74) is -0.830. The van der Waals surface area contributed by atoms with Crippen LogP contribution in [0.1, 0.15) is 51.3 Å². The lowest BCUT2D eigenvalue weighted by molar-refractivity contribution is -0.138. The summed E-state index contributed by atoms with van der Waals surface area (Å²) >= 11 is -1.37. The Morgan fingerprint density at radius 2 is 1.48 bits per heavy atom. The lowest BCUT2D eigenvalue weighted by Gasteiger charge is -2.34. The van der Waals surface area contributed by atoms with E-state index in [4.69, 9.17) is 0 Å². The van der Waals surface area contributed by atoms with E-state index in [9.17, 15) is 17.7 Å². The van der Waals surface area contributed by atoms with Crippen LogP contribution < -0.4 is 4.72 Å². The van der Waals surface area contributed by atoms with E-state index in [2.05, 4.69) is 4.72 Å². The van der Waals surface area contributed by atoms with Gasteiger partial charge < -0.3 is 4.55 Å². The fourth-order valence-corrected chi connectivity index (χ4v) is 2.94. The van der Waals surface area contributed by atoms with E-state index in [0.717, 1.165) is 6.07 Å². The lowest BCUT2D eigenvalue weighted by atomic mass is 9.89. The molecule has 0 aliphatic heterocycles. The molecule has 0 spiro atoms. The molecule has 0 aliphatic carbocycles. The first-order valence-corrected chi connectivity index (χ1v) is 7.79. The minimum absolute atomic E-state index is 0.161. The predicted molar refractivity (Wildman–Crippen MR) is 80.2 cm³/mol. The molecule has 0 radical (unpaired) electrons. The van der Waals surface area contributed by atoms with E-state index in [1.165, 1.54) is 13.0 Å². The van der Waals surface area contributed by atoms with Gasteiger partial charge in [-0.25, -0.2) is 0 Å². The standard InChI is InChI=1S/C15H22F3NOS/c1-10-11(8-7-9-12(10)15(16,17)18)14(5,6)19-21(20)13(2,3)4/h7-9,19H,1-6H3/t21-/m0/s1.